The van der Waals surface area contributed by atoms with E-state index in [1.165, 1.54) is 32.1 Å². The van der Waals surface area contributed by atoms with E-state index in [0.29, 0.717) is 6.10 Å². The number of aliphatic hydroxyl groups excluding tert-OH is 1. The zero-order valence-corrected chi connectivity index (χ0v) is 12.0. The van der Waals surface area contributed by atoms with E-state index in [-0.39, 0.29) is 11.6 Å². The molecule has 0 bridgehead atoms. The van der Waals surface area contributed by atoms with E-state index in [1.54, 1.807) is 0 Å². The van der Waals surface area contributed by atoms with E-state index >= 15 is 0 Å². The van der Waals surface area contributed by atoms with Gasteiger partial charge in [-0.2, -0.15) is 0 Å². The fourth-order valence-corrected chi connectivity index (χ4v) is 3.73. The third-order valence-corrected chi connectivity index (χ3v) is 5.02. The Bertz CT molecular complexity index is 243. The number of rotatable bonds is 5. The molecule has 18 heavy (non-hydrogen) atoms. The van der Waals surface area contributed by atoms with Gasteiger partial charge in [-0.3, -0.25) is 0 Å². The van der Waals surface area contributed by atoms with Gasteiger partial charge < -0.3 is 14.7 Å². The molecule has 1 aliphatic heterocycles. The van der Waals surface area contributed by atoms with Crippen LogP contribution in [0.15, 0.2) is 0 Å². The van der Waals surface area contributed by atoms with E-state index in [1.807, 2.05) is 0 Å². The molecule has 0 aromatic rings. The summed E-state index contributed by atoms with van der Waals surface area (Å²) in [6, 6.07) is 0. The lowest BCUT2D eigenvalue weighted by Crippen LogP contribution is -2.54. The highest BCUT2D eigenvalue weighted by molar-refractivity contribution is 4.97. The normalized spacial score (nSPS) is 29.7. The fraction of sp³-hybridized carbons (Fsp3) is 1.00. The van der Waals surface area contributed by atoms with Crippen LogP contribution in [0, 0.1) is 0 Å². The first-order chi connectivity index (χ1) is 8.65. The molecule has 2 atom stereocenters. The first-order valence-corrected chi connectivity index (χ1v) is 7.62. The summed E-state index contributed by atoms with van der Waals surface area (Å²) in [5, 5.41) is 10.7. The SMILES string of the molecule is CN(C)C1(C(O)CCC2CCCO2)CCCCC1. The Morgan fingerprint density at radius 1 is 1.22 bits per heavy atom. The molecule has 1 saturated heterocycles. The van der Waals surface area contributed by atoms with Gasteiger partial charge in [0.1, 0.15) is 0 Å². The molecule has 0 amide bonds. The molecule has 2 fully saturated rings. The van der Waals surface area contributed by atoms with Crippen LogP contribution in [-0.4, -0.2) is 48.5 Å². The Morgan fingerprint density at radius 3 is 2.50 bits per heavy atom. The van der Waals surface area contributed by atoms with Crippen molar-refractivity contribution < 1.29 is 9.84 Å². The molecule has 0 spiro atoms. The largest absolute Gasteiger partial charge is 0.391 e. The zero-order chi connectivity index (χ0) is 13.0. The molecule has 3 heteroatoms. The number of aliphatic hydroxyl groups is 1. The Hall–Kier alpha value is -0.120. The van der Waals surface area contributed by atoms with Crippen molar-refractivity contribution in [3.63, 3.8) is 0 Å². The van der Waals surface area contributed by atoms with Crippen molar-refractivity contribution in [2.24, 2.45) is 0 Å². The van der Waals surface area contributed by atoms with E-state index < -0.39 is 0 Å². The second-order valence-corrected chi connectivity index (χ2v) is 6.29. The van der Waals surface area contributed by atoms with Gasteiger partial charge >= 0.3 is 0 Å². The molecule has 0 radical (unpaired) electrons. The number of hydrogen-bond donors (Lipinski definition) is 1. The Balaban J connectivity index is 1.88. The molecule has 0 aromatic carbocycles. The van der Waals surface area contributed by atoms with Crippen LogP contribution in [0.4, 0.5) is 0 Å². The molecule has 2 unspecified atom stereocenters. The van der Waals surface area contributed by atoms with Crippen molar-refractivity contribution in [2.45, 2.75) is 75.5 Å². The Morgan fingerprint density at radius 2 is 1.94 bits per heavy atom. The third-order valence-electron chi connectivity index (χ3n) is 5.02. The zero-order valence-electron chi connectivity index (χ0n) is 12.0. The van der Waals surface area contributed by atoms with E-state index in [2.05, 4.69) is 19.0 Å². The monoisotopic (exact) mass is 255 g/mol. The smallest absolute Gasteiger partial charge is 0.0724 e. The van der Waals surface area contributed by atoms with Gasteiger partial charge in [-0.05, 0) is 52.6 Å². The molecule has 1 aliphatic carbocycles. The van der Waals surface area contributed by atoms with E-state index in [0.717, 1.165) is 32.3 Å². The van der Waals surface area contributed by atoms with E-state index in [9.17, 15) is 5.11 Å². The molecule has 1 heterocycles. The maximum Gasteiger partial charge on any atom is 0.0724 e. The highest BCUT2D eigenvalue weighted by atomic mass is 16.5. The quantitative estimate of drug-likeness (QED) is 0.819. The van der Waals surface area contributed by atoms with Gasteiger partial charge in [-0.15, -0.1) is 0 Å². The van der Waals surface area contributed by atoms with Crippen LogP contribution in [0.3, 0.4) is 0 Å². The highest BCUT2D eigenvalue weighted by Gasteiger charge is 2.40. The maximum atomic E-state index is 10.7. The summed E-state index contributed by atoms with van der Waals surface area (Å²) in [5.74, 6) is 0. The summed E-state index contributed by atoms with van der Waals surface area (Å²) in [4.78, 5) is 2.27. The van der Waals surface area contributed by atoms with Gasteiger partial charge in [-0.1, -0.05) is 19.3 Å². The van der Waals surface area contributed by atoms with Crippen LogP contribution in [0.5, 0.6) is 0 Å². The van der Waals surface area contributed by atoms with E-state index in [4.69, 9.17) is 4.74 Å². The van der Waals surface area contributed by atoms with Gasteiger partial charge in [0.2, 0.25) is 0 Å². The summed E-state index contributed by atoms with van der Waals surface area (Å²) >= 11 is 0. The number of hydrogen-bond acceptors (Lipinski definition) is 3. The summed E-state index contributed by atoms with van der Waals surface area (Å²) in [7, 11) is 4.25. The first-order valence-electron chi connectivity index (χ1n) is 7.62. The van der Waals surface area contributed by atoms with Crippen molar-refractivity contribution in [3.8, 4) is 0 Å². The average Bonchev–Trinajstić information content (AvgIpc) is 2.89. The molecule has 1 N–H and O–H groups in total. The summed E-state index contributed by atoms with van der Waals surface area (Å²) in [6.07, 6.45) is 10.6. The highest BCUT2D eigenvalue weighted by Crippen LogP contribution is 2.37. The second kappa shape index (κ2) is 6.36. The van der Waals surface area contributed by atoms with Crippen LogP contribution in [0.1, 0.15) is 57.8 Å². The van der Waals surface area contributed by atoms with Gasteiger partial charge in [0.15, 0.2) is 0 Å². The van der Waals surface area contributed by atoms with Gasteiger partial charge in [0.25, 0.3) is 0 Å². The van der Waals surface area contributed by atoms with Crippen molar-refractivity contribution in [1.82, 2.24) is 4.90 Å². The number of nitrogens with zero attached hydrogens (tertiary/aromatic N) is 1. The predicted molar refractivity (Wildman–Crippen MR) is 73.7 cm³/mol. The van der Waals surface area contributed by atoms with Gasteiger partial charge in [0, 0.05) is 12.1 Å². The molecular formula is C15H29NO2. The molecular weight excluding hydrogens is 226 g/mol. The van der Waals surface area contributed by atoms with Crippen LogP contribution in [0.25, 0.3) is 0 Å². The minimum Gasteiger partial charge on any atom is -0.391 e. The molecule has 0 aromatic heterocycles. The summed E-state index contributed by atoms with van der Waals surface area (Å²) in [5.41, 5.74) is 0.0247. The lowest BCUT2D eigenvalue weighted by molar-refractivity contribution is -0.0422. The van der Waals surface area contributed by atoms with Crippen LogP contribution in [-0.2, 0) is 4.74 Å². The molecule has 106 valence electrons. The van der Waals surface area contributed by atoms with Crippen molar-refractivity contribution in [2.75, 3.05) is 20.7 Å². The molecule has 1 saturated carbocycles. The molecule has 2 aliphatic rings. The number of ether oxygens (including phenoxy) is 1. The van der Waals surface area contributed by atoms with Crippen LogP contribution < -0.4 is 0 Å². The van der Waals surface area contributed by atoms with Gasteiger partial charge in [-0.25, -0.2) is 0 Å². The predicted octanol–water partition coefficient (Wildman–Crippen LogP) is 2.57. The lowest BCUT2D eigenvalue weighted by atomic mass is 9.75. The van der Waals surface area contributed by atoms with Gasteiger partial charge in [0.05, 0.1) is 12.2 Å². The fourth-order valence-electron chi connectivity index (χ4n) is 3.73. The lowest BCUT2D eigenvalue weighted by Gasteiger charge is -2.46. The maximum absolute atomic E-state index is 10.7. The topological polar surface area (TPSA) is 32.7 Å². The van der Waals surface area contributed by atoms with Crippen molar-refractivity contribution in [1.29, 1.82) is 0 Å². The average molecular weight is 255 g/mol. The molecule has 2 rings (SSSR count). The van der Waals surface area contributed by atoms with Crippen LogP contribution in [0.2, 0.25) is 0 Å². The minimum atomic E-state index is -0.197. The standard InChI is InChI=1S/C15H29NO2/c1-16(2)15(10-4-3-5-11-15)14(17)9-8-13-7-6-12-18-13/h13-14,17H,3-12H2,1-2H3. The van der Waals surface area contributed by atoms with Crippen molar-refractivity contribution in [3.05, 3.63) is 0 Å². The van der Waals surface area contributed by atoms with Crippen molar-refractivity contribution >= 4 is 0 Å². The third kappa shape index (κ3) is 3.06. The molecule has 3 nitrogen and oxygen atoms in total. The summed E-state index contributed by atoms with van der Waals surface area (Å²) in [6.45, 7) is 0.916. The Labute approximate surface area is 112 Å². The minimum absolute atomic E-state index is 0.0247. The van der Waals surface area contributed by atoms with Crippen LogP contribution >= 0.6 is 0 Å². The Kier molecular flexibility index (Phi) is 5.05. The summed E-state index contributed by atoms with van der Waals surface area (Å²) < 4.78 is 5.66. The second-order valence-electron chi connectivity index (χ2n) is 6.29. The number of likely N-dealkylation sites (N-methyl/N-ethyl adjacent to an activating group) is 1. The first kappa shape index (κ1) is 14.3.